The smallest absolute Gasteiger partial charge is 0.0679 e. The highest BCUT2D eigenvalue weighted by atomic mass is 16.3. The van der Waals surface area contributed by atoms with Gasteiger partial charge in [0.15, 0.2) is 0 Å². The van der Waals surface area contributed by atoms with Gasteiger partial charge in [0.2, 0.25) is 0 Å². The molecule has 0 radical (unpaired) electrons. The van der Waals surface area contributed by atoms with Gasteiger partial charge in [-0.2, -0.15) is 0 Å². The van der Waals surface area contributed by atoms with Gasteiger partial charge in [-0.3, -0.25) is 0 Å². The van der Waals surface area contributed by atoms with Crippen LogP contribution in [0.2, 0.25) is 0 Å². The molecule has 3 nitrogen and oxygen atoms in total. The Hall–Kier alpha value is -0.120. The molecule has 0 bridgehead atoms. The number of nitrogens with zero attached hydrogens (tertiary/aromatic N) is 1. The first-order chi connectivity index (χ1) is 6.09. The summed E-state index contributed by atoms with van der Waals surface area (Å²) in [7, 11) is 0. The summed E-state index contributed by atoms with van der Waals surface area (Å²) in [5.41, 5.74) is 0.00403. The molecule has 2 N–H and O–H groups in total. The molecule has 0 spiro atoms. The fourth-order valence-electron chi connectivity index (χ4n) is 1.77. The molecule has 13 heavy (non-hydrogen) atoms. The zero-order chi connectivity index (χ0) is 9.90. The first-order valence-electron chi connectivity index (χ1n) is 5.11. The maximum atomic E-state index is 9.34. The predicted octanol–water partition coefficient (Wildman–Crippen LogP) is 0.462. The van der Waals surface area contributed by atoms with Crippen molar-refractivity contribution < 1.29 is 10.2 Å². The molecule has 1 aliphatic rings. The third kappa shape index (κ3) is 2.93. The molecule has 0 aromatic carbocycles. The van der Waals surface area contributed by atoms with E-state index in [1.54, 1.807) is 0 Å². The number of likely N-dealkylation sites (tertiary alicyclic amines) is 1. The van der Waals surface area contributed by atoms with Crippen LogP contribution in [0.15, 0.2) is 0 Å². The van der Waals surface area contributed by atoms with Gasteiger partial charge in [0.25, 0.3) is 0 Å². The van der Waals surface area contributed by atoms with Gasteiger partial charge in [0, 0.05) is 31.7 Å². The molecule has 1 aliphatic heterocycles. The van der Waals surface area contributed by atoms with Gasteiger partial charge in [0.1, 0.15) is 0 Å². The summed E-state index contributed by atoms with van der Waals surface area (Å²) in [6, 6.07) is 0. The first-order valence-corrected chi connectivity index (χ1v) is 5.11. The van der Waals surface area contributed by atoms with E-state index in [9.17, 15) is 10.2 Å². The second-order valence-corrected chi connectivity index (χ2v) is 4.50. The fraction of sp³-hybridized carbons (Fsp3) is 1.00. The number of aliphatic hydroxyl groups excluding tert-OH is 2. The molecular weight excluding hydrogens is 166 g/mol. The van der Waals surface area contributed by atoms with Crippen molar-refractivity contribution in [3.05, 3.63) is 0 Å². The highest BCUT2D eigenvalue weighted by Gasteiger charge is 2.28. The van der Waals surface area contributed by atoms with Crippen molar-refractivity contribution >= 4 is 0 Å². The van der Waals surface area contributed by atoms with Gasteiger partial charge >= 0.3 is 0 Å². The quantitative estimate of drug-likeness (QED) is 0.672. The van der Waals surface area contributed by atoms with Crippen LogP contribution in [0.25, 0.3) is 0 Å². The van der Waals surface area contributed by atoms with E-state index < -0.39 is 0 Å². The Morgan fingerprint density at radius 3 is 2.62 bits per heavy atom. The van der Waals surface area contributed by atoms with Crippen LogP contribution in [-0.2, 0) is 0 Å². The van der Waals surface area contributed by atoms with Crippen LogP contribution in [0.4, 0.5) is 0 Å². The number of β-amino-alcohol motifs (C(OH)–C–C–N with tert-alkyl or cyclic N) is 1. The first kappa shape index (κ1) is 11.0. The molecule has 0 saturated carbocycles. The highest BCUT2D eigenvalue weighted by Crippen LogP contribution is 2.23. The molecule has 0 aliphatic carbocycles. The van der Waals surface area contributed by atoms with Crippen LogP contribution in [0.3, 0.4) is 0 Å². The standard InChI is InChI=1S/C10H21NO2/c1-3-10(2,8-12)7-11-5-4-9(13)6-11/h9,12-13H,3-8H2,1-2H3/t9-,10+/m1/s1. The van der Waals surface area contributed by atoms with E-state index in [0.717, 1.165) is 32.5 Å². The van der Waals surface area contributed by atoms with Crippen molar-refractivity contribution in [3.8, 4) is 0 Å². The van der Waals surface area contributed by atoms with E-state index in [1.165, 1.54) is 0 Å². The number of rotatable bonds is 4. The van der Waals surface area contributed by atoms with Crippen molar-refractivity contribution in [2.45, 2.75) is 32.8 Å². The molecule has 1 heterocycles. The van der Waals surface area contributed by atoms with Gasteiger partial charge in [0.05, 0.1) is 6.10 Å². The molecule has 0 unspecified atom stereocenters. The van der Waals surface area contributed by atoms with Crippen LogP contribution in [0.1, 0.15) is 26.7 Å². The molecule has 0 amide bonds. The molecule has 1 rings (SSSR count). The van der Waals surface area contributed by atoms with Crippen molar-refractivity contribution in [2.75, 3.05) is 26.2 Å². The van der Waals surface area contributed by atoms with Gasteiger partial charge in [-0.05, 0) is 12.8 Å². The lowest BCUT2D eigenvalue weighted by atomic mass is 9.88. The molecule has 0 aromatic rings. The summed E-state index contributed by atoms with van der Waals surface area (Å²) in [6.45, 7) is 7.07. The van der Waals surface area contributed by atoms with E-state index >= 15 is 0 Å². The van der Waals surface area contributed by atoms with Crippen molar-refractivity contribution in [2.24, 2.45) is 5.41 Å². The van der Waals surface area contributed by atoms with Crippen LogP contribution < -0.4 is 0 Å². The lowest BCUT2D eigenvalue weighted by molar-refractivity contribution is 0.0869. The highest BCUT2D eigenvalue weighted by molar-refractivity contribution is 4.81. The van der Waals surface area contributed by atoms with Crippen LogP contribution >= 0.6 is 0 Å². The zero-order valence-electron chi connectivity index (χ0n) is 8.66. The largest absolute Gasteiger partial charge is 0.396 e. The van der Waals surface area contributed by atoms with E-state index in [0.29, 0.717) is 0 Å². The normalized spacial score (nSPS) is 29.1. The van der Waals surface area contributed by atoms with E-state index in [1.807, 2.05) is 0 Å². The van der Waals surface area contributed by atoms with E-state index in [-0.39, 0.29) is 18.1 Å². The van der Waals surface area contributed by atoms with Crippen LogP contribution in [0, 0.1) is 5.41 Å². The lowest BCUT2D eigenvalue weighted by Gasteiger charge is -2.30. The molecule has 1 fully saturated rings. The Labute approximate surface area is 80.4 Å². The second-order valence-electron chi connectivity index (χ2n) is 4.50. The average molecular weight is 187 g/mol. The fourth-order valence-corrected chi connectivity index (χ4v) is 1.77. The summed E-state index contributed by atoms with van der Waals surface area (Å²) in [6.07, 6.45) is 1.71. The lowest BCUT2D eigenvalue weighted by Crippen LogP contribution is -2.37. The molecule has 1 saturated heterocycles. The van der Waals surface area contributed by atoms with Crippen molar-refractivity contribution in [1.82, 2.24) is 4.90 Å². The Bertz CT molecular complexity index is 157. The third-order valence-electron chi connectivity index (χ3n) is 3.09. The van der Waals surface area contributed by atoms with E-state index in [4.69, 9.17) is 0 Å². The van der Waals surface area contributed by atoms with Crippen molar-refractivity contribution in [1.29, 1.82) is 0 Å². The molecule has 2 atom stereocenters. The number of hydrogen-bond acceptors (Lipinski definition) is 3. The van der Waals surface area contributed by atoms with E-state index in [2.05, 4.69) is 18.7 Å². The Morgan fingerprint density at radius 2 is 2.23 bits per heavy atom. The van der Waals surface area contributed by atoms with Gasteiger partial charge in [-0.1, -0.05) is 13.8 Å². The summed E-state index contributed by atoms with van der Waals surface area (Å²) in [4.78, 5) is 2.24. The minimum absolute atomic E-state index is 0.00403. The minimum atomic E-state index is -0.153. The SMILES string of the molecule is CC[C@](C)(CO)CN1CC[C@@H](O)C1. The third-order valence-corrected chi connectivity index (χ3v) is 3.09. The molecular formula is C10H21NO2. The summed E-state index contributed by atoms with van der Waals surface area (Å²) >= 11 is 0. The second kappa shape index (κ2) is 4.40. The monoisotopic (exact) mass is 187 g/mol. The Kier molecular flexibility index (Phi) is 3.71. The summed E-state index contributed by atoms with van der Waals surface area (Å²) in [5.74, 6) is 0. The topological polar surface area (TPSA) is 43.7 Å². The Morgan fingerprint density at radius 1 is 1.54 bits per heavy atom. The maximum Gasteiger partial charge on any atom is 0.0679 e. The predicted molar refractivity (Wildman–Crippen MR) is 52.5 cm³/mol. The zero-order valence-corrected chi connectivity index (χ0v) is 8.66. The molecule has 78 valence electrons. The summed E-state index contributed by atoms with van der Waals surface area (Å²) < 4.78 is 0. The summed E-state index contributed by atoms with van der Waals surface area (Å²) in [5, 5.41) is 18.6. The van der Waals surface area contributed by atoms with Gasteiger partial charge < -0.3 is 15.1 Å². The van der Waals surface area contributed by atoms with Crippen molar-refractivity contribution in [3.63, 3.8) is 0 Å². The molecule has 3 heteroatoms. The Balaban J connectivity index is 2.38. The van der Waals surface area contributed by atoms with Gasteiger partial charge in [-0.25, -0.2) is 0 Å². The number of aliphatic hydroxyl groups is 2. The maximum absolute atomic E-state index is 9.34. The minimum Gasteiger partial charge on any atom is -0.396 e. The van der Waals surface area contributed by atoms with Gasteiger partial charge in [-0.15, -0.1) is 0 Å². The van der Waals surface area contributed by atoms with Crippen LogP contribution in [0.5, 0.6) is 0 Å². The molecule has 0 aromatic heterocycles. The average Bonchev–Trinajstić information content (AvgIpc) is 2.51. The van der Waals surface area contributed by atoms with Crippen LogP contribution in [-0.4, -0.2) is 47.5 Å². The number of hydrogen-bond donors (Lipinski definition) is 2.